The fraction of sp³-hybridized carbons (Fsp3) is 0.667. The zero-order chi connectivity index (χ0) is 16.8. The molecular formula is C21H35NO. The van der Waals surface area contributed by atoms with Crippen molar-refractivity contribution in [3.05, 3.63) is 35.9 Å². The third-order valence-corrected chi connectivity index (χ3v) is 4.49. The van der Waals surface area contributed by atoms with Gasteiger partial charge in [0.25, 0.3) is 0 Å². The Morgan fingerprint density at radius 3 is 2.09 bits per heavy atom. The molecule has 0 aromatic heterocycles. The Balaban J connectivity index is 2.11. The fourth-order valence-electron chi connectivity index (χ4n) is 2.95. The van der Waals surface area contributed by atoms with Gasteiger partial charge in [0.1, 0.15) is 0 Å². The maximum Gasteiger partial charge on any atom is 0.222 e. The maximum atomic E-state index is 12.3. The molecule has 0 heterocycles. The topological polar surface area (TPSA) is 20.3 Å². The molecule has 0 spiro atoms. The highest BCUT2D eigenvalue weighted by atomic mass is 16.2. The molecule has 0 aliphatic heterocycles. The standard InChI is InChI=1S/C21H35NO/c1-3-5-6-7-8-9-10-14-19-22(4-2)21(23)18-17-20-15-12-11-13-16-20/h11-13,15-16H,3-10,14,17-19H2,1-2H3. The second kappa shape index (κ2) is 13.2. The predicted molar refractivity (Wildman–Crippen MR) is 99.6 cm³/mol. The van der Waals surface area contributed by atoms with Crippen molar-refractivity contribution in [1.29, 1.82) is 0 Å². The van der Waals surface area contributed by atoms with E-state index >= 15 is 0 Å². The van der Waals surface area contributed by atoms with Gasteiger partial charge in [0, 0.05) is 19.5 Å². The third kappa shape index (κ3) is 9.43. The maximum absolute atomic E-state index is 12.3. The van der Waals surface area contributed by atoms with Crippen molar-refractivity contribution in [2.75, 3.05) is 13.1 Å². The number of nitrogens with zero attached hydrogens (tertiary/aromatic N) is 1. The normalized spacial score (nSPS) is 10.7. The van der Waals surface area contributed by atoms with Crippen LogP contribution in [0.1, 0.15) is 77.2 Å². The van der Waals surface area contributed by atoms with E-state index in [1.165, 1.54) is 50.5 Å². The first kappa shape index (κ1) is 19.7. The van der Waals surface area contributed by atoms with Gasteiger partial charge in [-0.2, -0.15) is 0 Å². The Labute approximate surface area is 143 Å². The summed E-state index contributed by atoms with van der Waals surface area (Å²) >= 11 is 0. The first-order valence-corrected chi connectivity index (χ1v) is 9.59. The number of carbonyl (C=O) groups excluding carboxylic acids is 1. The molecule has 130 valence electrons. The van der Waals surface area contributed by atoms with Gasteiger partial charge in [0.2, 0.25) is 5.91 Å². The second-order valence-corrected chi connectivity index (χ2v) is 6.43. The summed E-state index contributed by atoms with van der Waals surface area (Å²) in [6.45, 7) is 6.11. The van der Waals surface area contributed by atoms with E-state index in [1.807, 2.05) is 23.1 Å². The summed E-state index contributed by atoms with van der Waals surface area (Å²) in [7, 11) is 0. The Morgan fingerprint density at radius 1 is 0.870 bits per heavy atom. The van der Waals surface area contributed by atoms with E-state index in [2.05, 4.69) is 26.0 Å². The molecular weight excluding hydrogens is 282 g/mol. The molecule has 2 nitrogen and oxygen atoms in total. The van der Waals surface area contributed by atoms with Gasteiger partial charge in [-0.05, 0) is 25.3 Å². The van der Waals surface area contributed by atoms with Crippen molar-refractivity contribution in [3.63, 3.8) is 0 Å². The van der Waals surface area contributed by atoms with Crippen LogP contribution >= 0.6 is 0 Å². The van der Waals surface area contributed by atoms with E-state index in [1.54, 1.807) is 0 Å². The van der Waals surface area contributed by atoms with Crippen LogP contribution in [0, 0.1) is 0 Å². The van der Waals surface area contributed by atoms with Crippen molar-refractivity contribution in [2.45, 2.75) is 78.1 Å². The van der Waals surface area contributed by atoms with E-state index in [0.717, 1.165) is 25.9 Å². The molecule has 0 aliphatic rings. The summed E-state index contributed by atoms with van der Waals surface area (Å²) in [6, 6.07) is 10.3. The Hall–Kier alpha value is -1.31. The van der Waals surface area contributed by atoms with Crippen molar-refractivity contribution < 1.29 is 4.79 Å². The average Bonchev–Trinajstić information content (AvgIpc) is 2.59. The number of hydrogen-bond acceptors (Lipinski definition) is 1. The molecule has 0 radical (unpaired) electrons. The summed E-state index contributed by atoms with van der Waals surface area (Å²) < 4.78 is 0. The monoisotopic (exact) mass is 317 g/mol. The van der Waals surface area contributed by atoms with Crippen LogP contribution in [0.2, 0.25) is 0 Å². The molecule has 0 fully saturated rings. The molecule has 0 atom stereocenters. The van der Waals surface area contributed by atoms with Crippen LogP contribution in [0.3, 0.4) is 0 Å². The third-order valence-electron chi connectivity index (χ3n) is 4.49. The lowest BCUT2D eigenvalue weighted by molar-refractivity contribution is -0.131. The molecule has 0 unspecified atom stereocenters. The average molecular weight is 318 g/mol. The van der Waals surface area contributed by atoms with Crippen LogP contribution in [0.5, 0.6) is 0 Å². The van der Waals surface area contributed by atoms with Gasteiger partial charge in [-0.15, -0.1) is 0 Å². The van der Waals surface area contributed by atoms with Gasteiger partial charge in [0.05, 0.1) is 0 Å². The van der Waals surface area contributed by atoms with Gasteiger partial charge in [-0.3, -0.25) is 4.79 Å². The summed E-state index contributed by atoms with van der Waals surface area (Å²) in [5, 5.41) is 0. The van der Waals surface area contributed by atoms with Crippen molar-refractivity contribution in [3.8, 4) is 0 Å². The van der Waals surface area contributed by atoms with Crippen LogP contribution in [0.25, 0.3) is 0 Å². The zero-order valence-electron chi connectivity index (χ0n) is 15.2. The smallest absolute Gasteiger partial charge is 0.222 e. The molecule has 0 N–H and O–H groups in total. The SMILES string of the molecule is CCCCCCCCCCN(CC)C(=O)CCc1ccccc1. The zero-order valence-corrected chi connectivity index (χ0v) is 15.2. The van der Waals surface area contributed by atoms with E-state index in [9.17, 15) is 4.79 Å². The lowest BCUT2D eigenvalue weighted by atomic mass is 10.1. The van der Waals surface area contributed by atoms with Gasteiger partial charge in [-0.1, -0.05) is 82.2 Å². The molecule has 0 saturated heterocycles. The van der Waals surface area contributed by atoms with E-state index in [0.29, 0.717) is 12.3 Å². The van der Waals surface area contributed by atoms with Gasteiger partial charge in [-0.25, -0.2) is 0 Å². The first-order valence-electron chi connectivity index (χ1n) is 9.59. The van der Waals surface area contributed by atoms with E-state index < -0.39 is 0 Å². The minimum absolute atomic E-state index is 0.305. The number of hydrogen-bond donors (Lipinski definition) is 0. The van der Waals surface area contributed by atoms with E-state index in [-0.39, 0.29) is 0 Å². The number of aryl methyl sites for hydroxylation is 1. The minimum atomic E-state index is 0.305. The largest absolute Gasteiger partial charge is 0.343 e. The highest BCUT2D eigenvalue weighted by molar-refractivity contribution is 5.76. The number of benzene rings is 1. The molecule has 1 aromatic rings. The van der Waals surface area contributed by atoms with Gasteiger partial charge < -0.3 is 4.90 Å². The summed E-state index contributed by atoms with van der Waals surface area (Å²) in [5.74, 6) is 0.305. The molecule has 1 aromatic carbocycles. The fourth-order valence-corrected chi connectivity index (χ4v) is 2.95. The molecule has 1 rings (SSSR count). The predicted octanol–water partition coefficient (Wildman–Crippen LogP) is 5.61. The molecule has 23 heavy (non-hydrogen) atoms. The number of rotatable bonds is 13. The minimum Gasteiger partial charge on any atom is -0.343 e. The lowest BCUT2D eigenvalue weighted by Crippen LogP contribution is -2.31. The summed E-state index contributed by atoms with van der Waals surface area (Å²) in [5.41, 5.74) is 1.25. The first-order chi connectivity index (χ1) is 11.3. The Morgan fingerprint density at radius 2 is 1.48 bits per heavy atom. The summed E-state index contributed by atoms with van der Waals surface area (Å²) in [4.78, 5) is 14.3. The Bertz CT molecular complexity index is 402. The highest BCUT2D eigenvalue weighted by Crippen LogP contribution is 2.10. The molecule has 2 heteroatoms. The highest BCUT2D eigenvalue weighted by Gasteiger charge is 2.10. The lowest BCUT2D eigenvalue weighted by Gasteiger charge is -2.21. The van der Waals surface area contributed by atoms with Crippen molar-refractivity contribution >= 4 is 5.91 Å². The summed E-state index contributed by atoms with van der Waals surface area (Å²) in [6.07, 6.45) is 12.0. The number of amides is 1. The Kier molecular flexibility index (Phi) is 11.3. The molecule has 0 aliphatic carbocycles. The number of unbranched alkanes of at least 4 members (excludes halogenated alkanes) is 7. The van der Waals surface area contributed by atoms with Crippen LogP contribution in [-0.2, 0) is 11.2 Å². The quantitative estimate of drug-likeness (QED) is 0.433. The van der Waals surface area contributed by atoms with Gasteiger partial charge in [0.15, 0.2) is 0 Å². The van der Waals surface area contributed by atoms with Crippen molar-refractivity contribution in [2.24, 2.45) is 0 Å². The molecule has 0 saturated carbocycles. The van der Waals surface area contributed by atoms with Crippen LogP contribution in [-0.4, -0.2) is 23.9 Å². The van der Waals surface area contributed by atoms with Crippen LogP contribution in [0.15, 0.2) is 30.3 Å². The molecule has 0 bridgehead atoms. The van der Waals surface area contributed by atoms with Crippen LogP contribution in [0.4, 0.5) is 0 Å². The number of carbonyl (C=O) groups is 1. The molecule has 1 amide bonds. The second-order valence-electron chi connectivity index (χ2n) is 6.43. The van der Waals surface area contributed by atoms with E-state index in [4.69, 9.17) is 0 Å². The van der Waals surface area contributed by atoms with Crippen molar-refractivity contribution in [1.82, 2.24) is 4.90 Å². The van der Waals surface area contributed by atoms with Crippen LogP contribution < -0.4 is 0 Å². The van der Waals surface area contributed by atoms with Gasteiger partial charge >= 0.3 is 0 Å².